The minimum atomic E-state index is 0.0724. The predicted octanol–water partition coefficient (Wildman–Crippen LogP) is 3.16. The van der Waals surface area contributed by atoms with Crippen molar-refractivity contribution in [3.8, 4) is 11.5 Å². The molecule has 0 fully saturated rings. The highest BCUT2D eigenvalue weighted by atomic mass is 35.5. The standard InChI is InChI=1S/C12H15ClO2/c1-6-7(2)12(15-4)10-8(5-9(10)13)11(6)14-3/h9H,5H2,1-4H3/t9-/m0/s1. The number of benzene rings is 1. The topological polar surface area (TPSA) is 18.5 Å². The van der Waals surface area contributed by atoms with E-state index < -0.39 is 0 Å². The third-order valence-corrected chi connectivity index (χ3v) is 3.56. The van der Waals surface area contributed by atoms with E-state index in [-0.39, 0.29) is 5.38 Å². The van der Waals surface area contributed by atoms with E-state index in [1.54, 1.807) is 14.2 Å². The summed E-state index contributed by atoms with van der Waals surface area (Å²) >= 11 is 6.18. The third kappa shape index (κ3) is 1.31. The van der Waals surface area contributed by atoms with Gasteiger partial charge in [-0.15, -0.1) is 11.6 Å². The molecule has 0 saturated heterocycles. The zero-order valence-electron chi connectivity index (χ0n) is 9.48. The number of hydrogen-bond acceptors (Lipinski definition) is 2. The fraction of sp³-hybridized carbons (Fsp3) is 0.500. The minimum Gasteiger partial charge on any atom is -0.496 e. The highest BCUT2D eigenvalue weighted by Crippen LogP contribution is 2.51. The van der Waals surface area contributed by atoms with Crippen LogP contribution in [0.5, 0.6) is 11.5 Å². The fourth-order valence-corrected chi connectivity index (χ4v) is 2.64. The molecule has 0 aliphatic heterocycles. The van der Waals surface area contributed by atoms with Gasteiger partial charge in [-0.3, -0.25) is 0 Å². The summed E-state index contributed by atoms with van der Waals surface area (Å²) in [7, 11) is 3.40. The molecular formula is C12H15ClO2. The van der Waals surface area contributed by atoms with Gasteiger partial charge in [-0.05, 0) is 31.4 Å². The van der Waals surface area contributed by atoms with Crippen LogP contribution in [0.4, 0.5) is 0 Å². The summed E-state index contributed by atoms with van der Waals surface area (Å²) in [6, 6.07) is 0. The Kier molecular flexibility index (Phi) is 2.55. The van der Waals surface area contributed by atoms with Crippen LogP contribution < -0.4 is 9.47 Å². The van der Waals surface area contributed by atoms with Crippen LogP contribution in [0, 0.1) is 13.8 Å². The lowest BCUT2D eigenvalue weighted by Crippen LogP contribution is -2.17. The van der Waals surface area contributed by atoms with Crippen LogP contribution in [0.15, 0.2) is 0 Å². The normalized spacial score (nSPS) is 18.1. The molecule has 0 N–H and O–H groups in total. The number of ether oxygens (including phenoxy) is 2. The van der Waals surface area contributed by atoms with E-state index in [0.717, 1.165) is 34.6 Å². The van der Waals surface area contributed by atoms with Crippen molar-refractivity contribution in [2.75, 3.05) is 14.2 Å². The number of methoxy groups -OCH3 is 2. The molecule has 1 atom stereocenters. The van der Waals surface area contributed by atoms with Gasteiger partial charge in [0.25, 0.3) is 0 Å². The molecular weight excluding hydrogens is 212 g/mol. The summed E-state index contributed by atoms with van der Waals surface area (Å²) in [5, 5.41) is 0.0724. The van der Waals surface area contributed by atoms with Gasteiger partial charge in [-0.1, -0.05) is 0 Å². The van der Waals surface area contributed by atoms with E-state index in [1.807, 2.05) is 6.92 Å². The number of fused-ring (bicyclic) bond motifs is 1. The molecule has 3 heteroatoms. The van der Waals surface area contributed by atoms with Gasteiger partial charge < -0.3 is 9.47 Å². The van der Waals surface area contributed by atoms with Crippen LogP contribution in [0.1, 0.15) is 27.6 Å². The van der Waals surface area contributed by atoms with E-state index in [2.05, 4.69) is 6.92 Å². The summed E-state index contributed by atoms with van der Waals surface area (Å²) in [4.78, 5) is 0. The molecule has 0 amide bonds. The highest BCUT2D eigenvalue weighted by Gasteiger charge is 2.34. The molecule has 1 aliphatic carbocycles. The molecule has 2 rings (SSSR count). The monoisotopic (exact) mass is 226 g/mol. The molecule has 0 saturated carbocycles. The lowest BCUT2D eigenvalue weighted by molar-refractivity contribution is 0.380. The predicted molar refractivity (Wildman–Crippen MR) is 61.3 cm³/mol. The Morgan fingerprint density at radius 2 is 1.60 bits per heavy atom. The van der Waals surface area contributed by atoms with E-state index in [9.17, 15) is 0 Å². The first-order valence-electron chi connectivity index (χ1n) is 4.99. The van der Waals surface area contributed by atoms with E-state index in [4.69, 9.17) is 21.1 Å². The van der Waals surface area contributed by atoms with Gasteiger partial charge in [0.15, 0.2) is 0 Å². The SMILES string of the molecule is COc1c(C)c(C)c(OC)c2c1C[C@@H]2Cl. The molecule has 0 spiro atoms. The molecule has 15 heavy (non-hydrogen) atoms. The zero-order chi connectivity index (χ0) is 11.2. The Morgan fingerprint density at radius 1 is 1.07 bits per heavy atom. The Labute approximate surface area is 95.1 Å². The van der Waals surface area contributed by atoms with E-state index >= 15 is 0 Å². The van der Waals surface area contributed by atoms with Gasteiger partial charge in [0.1, 0.15) is 11.5 Å². The number of halogens is 1. The van der Waals surface area contributed by atoms with Gasteiger partial charge >= 0.3 is 0 Å². The van der Waals surface area contributed by atoms with Crippen molar-refractivity contribution in [2.24, 2.45) is 0 Å². The smallest absolute Gasteiger partial charge is 0.127 e. The molecule has 1 aliphatic rings. The van der Waals surface area contributed by atoms with Crippen molar-refractivity contribution in [2.45, 2.75) is 25.6 Å². The molecule has 2 nitrogen and oxygen atoms in total. The Hall–Kier alpha value is -0.890. The molecule has 0 aromatic heterocycles. The molecule has 1 aromatic carbocycles. The number of alkyl halides is 1. The van der Waals surface area contributed by atoms with Crippen molar-refractivity contribution in [3.05, 3.63) is 22.3 Å². The largest absolute Gasteiger partial charge is 0.496 e. The van der Waals surface area contributed by atoms with Crippen LogP contribution >= 0.6 is 11.6 Å². The second-order valence-electron chi connectivity index (χ2n) is 3.88. The second kappa shape index (κ2) is 3.60. The van der Waals surface area contributed by atoms with Gasteiger partial charge in [0, 0.05) is 11.1 Å². The maximum atomic E-state index is 6.18. The van der Waals surface area contributed by atoms with Gasteiger partial charge in [0.05, 0.1) is 19.6 Å². The maximum Gasteiger partial charge on any atom is 0.127 e. The fourth-order valence-electron chi connectivity index (χ4n) is 2.25. The van der Waals surface area contributed by atoms with Crippen molar-refractivity contribution in [1.82, 2.24) is 0 Å². The van der Waals surface area contributed by atoms with Gasteiger partial charge in [-0.2, -0.15) is 0 Å². The summed E-state index contributed by atoms with van der Waals surface area (Å²) < 4.78 is 10.8. The molecule has 0 heterocycles. The van der Waals surface area contributed by atoms with Crippen LogP contribution in [0.3, 0.4) is 0 Å². The van der Waals surface area contributed by atoms with E-state index in [1.165, 1.54) is 5.56 Å². The average molecular weight is 227 g/mol. The molecule has 0 unspecified atom stereocenters. The maximum absolute atomic E-state index is 6.18. The molecule has 82 valence electrons. The number of rotatable bonds is 2. The summed E-state index contributed by atoms with van der Waals surface area (Å²) in [6.45, 7) is 4.09. The summed E-state index contributed by atoms with van der Waals surface area (Å²) in [6.07, 6.45) is 0.873. The second-order valence-corrected chi connectivity index (χ2v) is 4.41. The van der Waals surface area contributed by atoms with Crippen molar-refractivity contribution in [1.29, 1.82) is 0 Å². The molecule has 0 radical (unpaired) electrons. The van der Waals surface area contributed by atoms with Crippen molar-refractivity contribution in [3.63, 3.8) is 0 Å². The lowest BCUT2D eigenvalue weighted by Gasteiger charge is -2.31. The lowest BCUT2D eigenvalue weighted by atomic mass is 9.82. The zero-order valence-corrected chi connectivity index (χ0v) is 10.2. The summed E-state index contributed by atoms with van der Waals surface area (Å²) in [5.74, 6) is 1.90. The van der Waals surface area contributed by atoms with Crippen molar-refractivity contribution < 1.29 is 9.47 Å². The van der Waals surface area contributed by atoms with Crippen LogP contribution in [0.25, 0.3) is 0 Å². The van der Waals surface area contributed by atoms with Crippen molar-refractivity contribution >= 4 is 11.6 Å². The highest BCUT2D eigenvalue weighted by molar-refractivity contribution is 6.22. The first-order chi connectivity index (χ1) is 7.11. The van der Waals surface area contributed by atoms with Crippen LogP contribution in [-0.2, 0) is 6.42 Å². The first-order valence-corrected chi connectivity index (χ1v) is 5.43. The quantitative estimate of drug-likeness (QED) is 0.722. The minimum absolute atomic E-state index is 0.0724. The Morgan fingerprint density at radius 3 is 2.07 bits per heavy atom. The van der Waals surface area contributed by atoms with Gasteiger partial charge in [-0.25, -0.2) is 0 Å². The van der Waals surface area contributed by atoms with E-state index in [0.29, 0.717) is 0 Å². The number of hydrogen-bond donors (Lipinski definition) is 0. The average Bonchev–Trinajstić information content (AvgIpc) is 2.22. The third-order valence-electron chi connectivity index (χ3n) is 3.19. The first kappa shape index (κ1) is 10.6. The molecule has 0 bridgehead atoms. The molecule has 1 aromatic rings. The van der Waals surface area contributed by atoms with Crippen LogP contribution in [-0.4, -0.2) is 14.2 Å². The summed E-state index contributed by atoms with van der Waals surface area (Å²) in [5.41, 5.74) is 4.59. The Balaban J connectivity index is 2.70. The Bertz CT molecular complexity index is 413. The van der Waals surface area contributed by atoms with Gasteiger partial charge in [0.2, 0.25) is 0 Å². The van der Waals surface area contributed by atoms with Crippen LogP contribution in [0.2, 0.25) is 0 Å².